The van der Waals surface area contributed by atoms with Crippen molar-refractivity contribution in [3.63, 3.8) is 0 Å². The number of nitrogens with one attached hydrogen (secondary N) is 2. The Bertz CT molecular complexity index is 895. The summed E-state index contributed by atoms with van der Waals surface area (Å²) in [5, 5.41) is 6.00. The number of benzene rings is 2. The Kier molecular flexibility index (Phi) is 5.82. The van der Waals surface area contributed by atoms with Crippen LogP contribution in [0.5, 0.6) is 11.5 Å². The lowest BCUT2D eigenvalue weighted by Crippen LogP contribution is -2.46. The van der Waals surface area contributed by atoms with Gasteiger partial charge in [0.05, 0.1) is 0 Å². The van der Waals surface area contributed by atoms with Crippen molar-refractivity contribution in [2.75, 3.05) is 49.7 Å². The smallest absolute Gasteiger partial charge is 0.257 e. The van der Waals surface area contributed by atoms with Crippen LogP contribution < -0.4 is 25.0 Å². The SMILES string of the molecule is CCN1CCN(c2ccc(NC(=S)NC(=O)c3ccc4c(c3)OCO4)cc2)CC1. The number of likely N-dealkylation sites (N-methyl/N-ethyl adjacent to an activating group) is 1. The van der Waals surface area contributed by atoms with Gasteiger partial charge >= 0.3 is 0 Å². The van der Waals surface area contributed by atoms with Crippen molar-refractivity contribution in [1.29, 1.82) is 0 Å². The molecule has 2 aliphatic rings. The Morgan fingerprint density at radius 3 is 2.48 bits per heavy atom. The van der Waals surface area contributed by atoms with Gasteiger partial charge in [-0.25, -0.2) is 0 Å². The number of fused-ring (bicyclic) bond motifs is 1. The average molecular weight is 413 g/mol. The number of anilines is 2. The number of thiocarbonyl (C=S) groups is 1. The Balaban J connectivity index is 1.31. The summed E-state index contributed by atoms with van der Waals surface area (Å²) in [6.07, 6.45) is 0. The first-order valence-corrected chi connectivity index (χ1v) is 10.1. The number of carbonyl (C=O) groups excluding carboxylic acids is 1. The lowest BCUT2D eigenvalue weighted by atomic mass is 10.2. The van der Waals surface area contributed by atoms with Crippen LogP contribution in [0.1, 0.15) is 17.3 Å². The minimum Gasteiger partial charge on any atom is -0.454 e. The molecule has 2 aliphatic heterocycles. The van der Waals surface area contributed by atoms with Crippen molar-refractivity contribution >= 4 is 34.6 Å². The molecule has 0 radical (unpaired) electrons. The fourth-order valence-electron chi connectivity index (χ4n) is 3.45. The number of piperazine rings is 1. The maximum atomic E-state index is 12.4. The molecule has 0 atom stereocenters. The van der Waals surface area contributed by atoms with Gasteiger partial charge in [0.1, 0.15) is 0 Å². The van der Waals surface area contributed by atoms with E-state index in [1.54, 1.807) is 18.2 Å². The normalized spacial score (nSPS) is 15.8. The number of ether oxygens (including phenoxy) is 2. The molecule has 2 aromatic rings. The summed E-state index contributed by atoms with van der Waals surface area (Å²) in [7, 11) is 0. The van der Waals surface area contributed by atoms with Crippen LogP contribution in [-0.4, -0.2) is 55.4 Å². The van der Waals surface area contributed by atoms with Gasteiger partial charge < -0.3 is 24.6 Å². The quantitative estimate of drug-likeness (QED) is 0.749. The Morgan fingerprint density at radius 1 is 1.03 bits per heavy atom. The molecule has 2 heterocycles. The first-order chi connectivity index (χ1) is 14.1. The molecule has 4 rings (SSSR count). The number of hydrogen-bond donors (Lipinski definition) is 2. The first kappa shape index (κ1) is 19.5. The molecule has 0 saturated carbocycles. The van der Waals surface area contributed by atoms with Crippen LogP contribution in [0.2, 0.25) is 0 Å². The van der Waals surface area contributed by atoms with Crippen LogP contribution in [0.3, 0.4) is 0 Å². The van der Waals surface area contributed by atoms with Crippen molar-refractivity contribution in [2.24, 2.45) is 0 Å². The highest BCUT2D eigenvalue weighted by Crippen LogP contribution is 2.32. The van der Waals surface area contributed by atoms with Gasteiger partial charge in [0.15, 0.2) is 16.6 Å². The maximum Gasteiger partial charge on any atom is 0.257 e. The van der Waals surface area contributed by atoms with E-state index >= 15 is 0 Å². The van der Waals surface area contributed by atoms with E-state index in [2.05, 4.69) is 39.5 Å². The van der Waals surface area contributed by atoms with Gasteiger partial charge in [0.2, 0.25) is 6.79 Å². The third kappa shape index (κ3) is 4.60. The van der Waals surface area contributed by atoms with Crippen LogP contribution in [-0.2, 0) is 0 Å². The van der Waals surface area contributed by atoms with Crippen LogP contribution in [0.25, 0.3) is 0 Å². The number of carbonyl (C=O) groups is 1. The van der Waals surface area contributed by atoms with Crippen LogP contribution in [0, 0.1) is 0 Å². The van der Waals surface area contributed by atoms with E-state index in [0.717, 1.165) is 38.4 Å². The number of rotatable bonds is 4. The Morgan fingerprint density at radius 2 is 1.76 bits per heavy atom. The standard InChI is InChI=1S/C21H24N4O3S/c1-2-24-9-11-25(12-10-24)17-6-4-16(5-7-17)22-21(29)23-20(26)15-3-8-18-19(13-15)28-14-27-18/h3-8,13H,2,9-12,14H2,1H3,(H2,22,23,26,29). The van der Waals surface area contributed by atoms with E-state index < -0.39 is 0 Å². The largest absolute Gasteiger partial charge is 0.454 e. The van der Waals surface area contributed by atoms with E-state index in [9.17, 15) is 4.79 Å². The second-order valence-corrected chi connectivity index (χ2v) is 7.35. The molecule has 0 bridgehead atoms. The summed E-state index contributed by atoms with van der Waals surface area (Å²) in [6.45, 7) is 7.72. The molecule has 8 heteroatoms. The van der Waals surface area contributed by atoms with E-state index in [-0.39, 0.29) is 17.8 Å². The van der Waals surface area contributed by atoms with E-state index in [1.807, 2.05) is 12.1 Å². The third-order valence-corrected chi connectivity index (χ3v) is 5.38. The van der Waals surface area contributed by atoms with Crippen LogP contribution >= 0.6 is 12.2 Å². The predicted molar refractivity (Wildman–Crippen MR) is 117 cm³/mol. The van der Waals surface area contributed by atoms with Crippen molar-refractivity contribution in [3.05, 3.63) is 48.0 Å². The highest BCUT2D eigenvalue weighted by atomic mass is 32.1. The number of nitrogens with zero attached hydrogens (tertiary/aromatic N) is 2. The zero-order chi connectivity index (χ0) is 20.2. The molecule has 29 heavy (non-hydrogen) atoms. The molecule has 0 unspecified atom stereocenters. The van der Waals surface area contributed by atoms with Crippen LogP contribution in [0.15, 0.2) is 42.5 Å². The highest BCUT2D eigenvalue weighted by Gasteiger charge is 2.17. The molecular weight excluding hydrogens is 388 g/mol. The predicted octanol–water partition coefficient (Wildman–Crippen LogP) is 2.68. The molecular formula is C21H24N4O3S. The highest BCUT2D eigenvalue weighted by molar-refractivity contribution is 7.80. The van der Waals surface area contributed by atoms with Gasteiger partial charge in [-0.05, 0) is 61.2 Å². The Labute approximate surface area is 175 Å². The van der Waals surface area contributed by atoms with Gasteiger partial charge in [-0.15, -0.1) is 0 Å². The topological polar surface area (TPSA) is 66.1 Å². The third-order valence-electron chi connectivity index (χ3n) is 5.17. The van der Waals surface area contributed by atoms with Crippen molar-refractivity contribution in [2.45, 2.75) is 6.92 Å². The number of amides is 1. The lowest BCUT2D eigenvalue weighted by Gasteiger charge is -2.35. The van der Waals surface area contributed by atoms with Gasteiger partial charge in [-0.1, -0.05) is 6.92 Å². The molecule has 1 saturated heterocycles. The monoisotopic (exact) mass is 412 g/mol. The van der Waals surface area contributed by atoms with Gasteiger partial charge in [-0.2, -0.15) is 0 Å². The van der Waals surface area contributed by atoms with Crippen molar-refractivity contribution < 1.29 is 14.3 Å². The lowest BCUT2D eigenvalue weighted by molar-refractivity contribution is 0.0977. The molecule has 2 aromatic carbocycles. The van der Waals surface area contributed by atoms with E-state index in [4.69, 9.17) is 21.7 Å². The average Bonchev–Trinajstić information content (AvgIpc) is 3.22. The fourth-order valence-corrected chi connectivity index (χ4v) is 3.66. The van der Waals surface area contributed by atoms with Gasteiger partial charge in [0, 0.05) is 43.1 Å². The van der Waals surface area contributed by atoms with E-state index in [0.29, 0.717) is 17.1 Å². The second-order valence-electron chi connectivity index (χ2n) is 6.94. The molecule has 152 valence electrons. The van der Waals surface area contributed by atoms with Gasteiger partial charge in [0.25, 0.3) is 5.91 Å². The molecule has 1 fully saturated rings. The van der Waals surface area contributed by atoms with Crippen LogP contribution in [0.4, 0.5) is 11.4 Å². The fraction of sp³-hybridized carbons (Fsp3) is 0.333. The maximum absolute atomic E-state index is 12.4. The molecule has 0 spiro atoms. The minimum absolute atomic E-state index is 0.171. The molecule has 0 aromatic heterocycles. The summed E-state index contributed by atoms with van der Waals surface area (Å²) < 4.78 is 10.6. The summed E-state index contributed by atoms with van der Waals surface area (Å²) >= 11 is 5.28. The molecule has 0 aliphatic carbocycles. The van der Waals surface area contributed by atoms with Gasteiger partial charge in [-0.3, -0.25) is 10.1 Å². The summed E-state index contributed by atoms with van der Waals surface area (Å²) in [4.78, 5) is 17.2. The summed E-state index contributed by atoms with van der Waals surface area (Å²) in [6, 6.07) is 13.1. The molecule has 1 amide bonds. The van der Waals surface area contributed by atoms with Crippen molar-refractivity contribution in [1.82, 2.24) is 10.2 Å². The zero-order valence-electron chi connectivity index (χ0n) is 16.3. The zero-order valence-corrected chi connectivity index (χ0v) is 17.1. The Hall–Kier alpha value is -2.84. The molecule has 7 nitrogen and oxygen atoms in total. The first-order valence-electron chi connectivity index (χ1n) is 9.72. The summed E-state index contributed by atoms with van der Waals surface area (Å²) in [5.74, 6) is 0.900. The van der Waals surface area contributed by atoms with Crippen molar-refractivity contribution in [3.8, 4) is 11.5 Å². The van der Waals surface area contributed by atoms with E-state index in [1.165, 1.54) is 5.69 Å². The summed E-state index contributed by atoms with van der Waals surface area (Å²) in [5.41, 5.74) is 2.48. The number of hydrogen-bond acceptors (Lipinski definition) is 6. The molecule has 2 N–H and O–H groups in total. The second kappa shape index (κ2) is 8.67. The minimum atomic E-state index is -0.300.